The summed E-state index contributed by atoms with van der Waals surface area (Å²) in [6, 6.07) is 5.59. The number of esters is 1. The van der Waals surface area contributed by atoms with Crippen molar-refractivity contribution in [1.82, 2.24) is 10.2 Å². The van der Waals surface area contributed by atoms with Gasteiger partial charge in [0.05, 0.1) is 19.7 Å². The minimum absolute atomic E-state index is 0.387. The average molecular weight is 274 g/mol. The van der Waals surface area contributed by atoms with Crippen LogP contribution < -0.4 is 4.74 Å². The summed E-state index contributed by atoms with van der Waals surface area (Å²) in [4.78, 5) is 12.1. The SMILES string of the molecule is COC(=O)c1scc2c1nnc1cc(OC)ccc12. The van der Waals surface area contributed by atoms with E-state index in [9.17, 15) is 4.79 Å². The summed E-state index contributed by atoms with van der Waals surface area (Å²) in [5, 5.41) is 12.0. The number of hydrogen-bond acceptors (Lipinski definition) is 6. The van der Waals surface area contributed by atoms with Gasteiger partial charge in [0.25, 0.3) is 0 Å². The Kier molecular flexibility index (Phi) is 2.79. The van der Waals surface area contributed by atoms with Gasteiger partial charge in [-0.15, -0.1) is 21.5 Å². The van der Waals surface area contributed by atoms with Gasteiger partial charge in [0.2, 0.25) is 0 Å². The molecule has 0 saturated heterocycles. The Morgan fingerprint density at radius 2 is 2.05 bits per heavy atom. The number of nitrogens with zero attached hydrogens (tertiary/aromatic N) is 2. The van der Waals surface area contributed by atoms with Crippen LogP contribution >= 0.6 is 11.3 Å². The second kappa shape index (κ2) is 4.47. The lowest BCUT2D eigenvalue weighted by Gasteiger charge is -2.02. The van der Waals surface area contributed by atoms with Crippen LogP contribution in [0, 0.1) is 0 Å². The first-order valence-corrected chi connectivity index (χ1v) is 6.42. The fourth-order valence-corrected chi connectivity index (χ4v) is 2.85. The molecule has 0 atom stereocenters. The first-order valence-electron chi connectivity index (χ1n) is 5.54. The van der Waals surface area contributed by atoms with E-state index in [1.165, 1.54) is 18.4 Å². The van der Waals surface area contributed by atoms with Crippen molar-refractivity contribution in [3.63, 3.8) is 0 Å². The molecule has 96 valence electrons. The van der Waals surface area contributed by atoms with Crippen LogP contribution in [0.5, 0.6) is 5.75 Å². The lowest BCUT2D eigenvalue weighted by molar-refractivity contribution is 0.0608. The van der Waals surface area contributed by atoms with Crippen LogP contribution in [0.2, 0.25) is 0 Å². The molecule has 1 aromatic carbocycles. The summed E-state index contributed by atoms with van der Waals surface area (Å²) in [5.74, 6) is 0.340. The first-order chi connectivity index (χ1) is 9.24. The molecule has 0 spiro atoms. The van der Waals surface area contributed by atoms with E-state index < -0.39 is 0 Å². The van der Waals surface area contributed by atoms with Crippen molar-refractivity contribution in [2.24, 2.45) is 0 Å². The standard InChI is InChI=1S/C13H10N2O3S/c1-17-7-3-4-8-9-6-19-12(13(16)18-2)11(9)15-14-10(8)5-7/h3-6H,1-2H3. The smallest absolute Gasteiger partial charge is 0.350 e. The van der Waals surface area contributed by atoms with Crippen molar-refractivity contribution in [3.8, 4) is 5.75 Å². The van der Waals surface area contributed by atoms with Crippen molar-refractivity contribution in [3.05, 3.63) is 28.5 Å². The molecule has 0 aliphatic rings. The van der Waals surface area contributed by atoms with E-state index in [0.717, 1.165) is 22.0 Å². The normalized spacial score (nSPS) is 10.8. The van der Waals surface area contributed by atoms with E-state index in [-0.39, 0.29) is 5.97 Å². The highest BCUT2D eigenvalue weighted by Crippen LogP contribution is 2.31. The number of carbonyl (C=O) groups excluding carboxylic acids is 1. The van der Waals surface area contributed by atoms with Gasteiger partial charge in [-0.2, -0.15) is 0 Å². The Bertz CT molecular complexity index is 782. The largest absolute Gasteiger partial charge is 0.497 e. The molecular weight excluding hydrogens is 264 g/mol. The molecule has 0 N–H and O–H groups in total. The topological polar surface area (TPSA) is 61.3 Å². The zero-order valence-electron chi connectivity index (χ0n) is 10.3. The first kappa shape index (κ1) is 11.9. The van der Waals surface area contributed by atoms with Crippen LogP contribution in [0.4, 0.5) is 0 Å². The molecule has 0 amide bonds. The summed E-state index contributed by atoms with van der Waals surface area (Å²) >= 11 is 1.31. The minimum Gasteiger partial charge on any atom is -0.497 e. The number of hydrogen-bond donors (Lipinski definition) is 0. The molecule has 0 bridgehead atoms. The molecule has 0 fully saturated rings. The number of aromatic nitrogens is 2. The summed E-state index contributed by atoms with van der Waals surface area (Å²) in [6.45, 7) is 0. The quantitative estimate of drug-likeness (QED) is 0.672. The van der Waals surface area contributed by atoms with E-state index in [1.54, 1.807) is 7.11 Å². The number of thiophene rings is 1. The lowest BCUT2D eigenvalue weighted by Crippen LogP contribution is -1.99. The number of methoxy groups -OCH3 is 2. The van der Waals surface area contributed by atoms with Gasteiger partial charge in [-0.1, -0.05) is 0 Å². The van der Waals surface area contributed by atoms with Crippen molar-refractivity contribution in [1.29, 1.82) is 0 Å². The fourth-order valence-electron chi connectivity index (χ4n) is 1.93. The Hall–Kier alpha value is -2.21. The van der Waals surface area contributed by atoms with E-state index in [1.807, 2.05) is 23.6 Å². The van der Waals surface area contributed by atoms with Gasteiger partial charge in [-0.05, 0) is 12.1 Å². The third kappa shape index (κ3) is 1.80. The van der Waals surface area contributed by atoms with Crippen LogP contribution in [0.15, 0.2) is 23.6 Å². The second-order valence-corrected chi connectivity index (χ2v) is 4.78. The molecule has 0 radical (unpaired) electrons. The number of benzene rings is 1. The zero-order valence-corrected chi connectivity index (χ0v) is 11.2. The van der Waals surface area contributed by atoms with Crippen LogP contribution in [0.3, 0.4) is 0 Å². The highest BCUT2D eigenvalue weighted by molar-refractivity contribution is 7.13. The molecule has 2 heterocycles. The molecule has 0 saturated carbocycles. The fraction of sp³-hybridized carbons (Fsp3) is 0.154. The Morgan fingerprint density at radius 1 is 1.21 bits per heavy atom. The molecule has 0 unspecified atom stereocenters. The molecule has 6 heteroatoms. The number of rotatable bonds is 2. The Labute approximate surface area is 112 Å². The molecule has 3 rings (SSSR count). The molecule has 0 aliphatic carbocycles. The van der Waals surface area contributed by atoms with E-state index in [4.69, 9.17) is 9.47 Å². The van der Waals surface area contributed by atoms with Gasteiger partial charge < -0.3 is 9.47 Å². The van der Waals surface area contributed by atoms with Crippen molar-refractivity contribution in [2.45, 2.75) is 0 Å². The molecule has 3 aromatic rings. The molecule has 5 nitrogen and oxygen atoms in total. The maximum absolute atomic E-state index is 11.6. The highest BCUT2D eigenvalue weighted by atomic mass is 32.1. The number of ether oxygens (including phenoxy) is 2. The second-order valence-electron chi connectivity index (χ2n) is 3.90. The van der Waals surface area contributed by atoms with Crippen LogP contribution in [-0.2, 0) is 4.74 Å². The highest BCUT2D eigenvalue weighted by Gasteiger charge is 2.16. The monoisotopic (exact) mass is 274 g/mol. The Balaban J connectivity index is 2.30. The molecule has 2 aromatic heterocycles. The summed E-state index contributed by atoms with van der Waals surface area (Å²) in [5.41, 5.74) is 1.32. The predicted octanol–water partition coefficient (Wildman–Crippen LogP) is 2.64. The van der Waals surface area contributed by atoms with Crippen molar-refractivity contribution < 1.29 is 14.3 Å². The summed E-state index contributed by atoms with van der Waals surface area (Å²) in [6.07, 6.45) is 0. The third-order valence-corrected chi connectivity index (χ3v) is 3.84. The van der Waals surface area contributed by atoms with Crippen molar-refractivity contribution in [2.75, 3.05) is 14.2 Å². The predicted molar refractivity (Wildman–Crippen MR) is 72.8 cm³/mol. The van der Waals surface area contributed by atoms with Gasteiger partial charge >= 0.3 is 5.97 Å². The Morgan fingerprint density at radius 3 is 2.79 bits per heavy atom. The van der Waals surface area contributed by atoms with Gasteiger partial charge in [0, 0.05) is 22.2 Å². The van der Waals surface area contributed by atoms with E-state index >= 15 is 0 Å². The molecule has 0 aliphatic heterocycles. The average Bonchev–Trinajstić information content (AvgIpc) is 2.89. The van der Waals surface area contributed by atoms with Crippen LogP contribution in [-0.4, -0.2) is 30.4 Å². The molecular formula is C13H10N2O3S. The van der Waals surface area contributed by atoms with Gasteiger partial charge in [0.15, 0.2) is 0 Å². The molecule has 19 heavy (non-hydrogen) atoms. The van der Waals surface area contributed by atoms with Gasteiger partial charge in [0.1, 0.15) is 16.1 Å². The van der Waals surface area contributed by atoms with Crippen LogP contribution in [0.25, 0.3) is 21.8 Å². The number of fused-ring (bicyclic) bond motifs is 3. The van der Waals surface area contributed by atoms with Gasteiger partial charge in [-0.25, -0.2) is 4.79 Å². The summed E-state index contributed by atoms with van der Waals surface area (Å²) < 4.78 is 9.89. The third-order valence-electron chi connectivity index (χ3n) is 2.89. The maximum atomic E-state index is 11.6. The maximum Gasteiger partial charge on any atom is 0.350 e. The lowest BCUT2D eigenvalue weighted by atomic mass is 10.1. The van der Waals surface area contributed by atoms with Crippen molar-refractivity contribution >= 4 is 39.1 Å². The van der Waals surface area contributed by atoms with Crippen LogP contribution in [0.1, 0.15) is 9.67 Å². The zero-order chi connectivity index (χ0) is 13.4. The number of carbonyl (C=O) groups is 1. The van der Waals surface area contributed by atoms with Gasteiger partial charge in [-0.3, -0.25) is 0 Å². The van der Waals surface area contributed by atoms with E-state index in [0.29, 0.717) is 10.4 Å². The van der Waals surface area contributed by atoms with E-state index in [2.05, 4.69) is 10.2 Å². The summed E-state index contributed by atoms with van der Waals surface area (Å²) in [7, 11) is 2.96. The minimum atomic E-state index is -0.387.